The average Bonchev–Trinajstić information content (AvgIpc) is 2.55. The highest BCUT2D eigenvalue weighted by molar-refractivity contribution is 6.39. The van der Waals surface area contributed by atoms with Crippen LogP contribution in [0.25, 0.3) is 0 Å². The van der Waals surface area contributed by atoms with Gasteiger partial charge in [0.1, 0.15) is 0 Å². The first-order valence-corrected chi connectivity index (χ1v) is 7.83. The molecule has 1 heterocycles. The lowest BCUT2D eigenvalue weighted by atomic mass is 9.98. The van der Waals surface area contributed by atoms with Crippen molar-refractivity contribution in [1.82, 2.24) is 9.80 Å². The molecule has 0 aromatic heterocycles. The van der Waals surface area contributed by atoms with E-state index in [9.17, 15) is 14.4 Å². The van der Waals surface area contributed by atoms with Gasteiger partial charge >= 0.3 is 11.8 Å². The molecule has 2 rings (SSSR count). The Morgan fingerprint density at radius 3 is 2.39 bits per heavy atom. The van der Waals surface area contributed by atoms with Crippen LogP contribution in [0, 0.1) is 6.92 Å². The molecule has 6 nitrogen and oxygen atoms in total. The molecule has 23 heavy (non-hydrogen) atoms. The van der Waals surface area contributed by atoms with Crippen LogP contribution in [0.15, 0.2) is 18.2 Å². The molecule has 1 aliphatic rings. The van der Waals surface area contributed by atoms with E-state index in [2.05, 4.69) is 5.32 Å². The minimum absolute atomic E-state index is 0.247. The molecule has 0 saturated carbocycles. The molecule has 0 radical (unpaired) electrons. The highest BCUT2D eigenvalue weighted by Gasteiger charge is 2.26. The number of benzene rings is 1. The molecule has 0 unspecified atom stereocenters. The van der Waals surface area contributed by atoms with Gasteiger partial charge in [0.15, 0.2) is 0 Å². The molecule has 1 N–H and O–H groups in total. The van der Waals surface area contributed by atoms with Gasteiger partial charge in [-0.3, -0.25) is 14.4 Å². The molecule has 0 bridgehead atoms. The zero-order chi connectivity index (χ0) is 17.0. The Balaban J connectivity index is 2.08. The number of rotatable bonds is 3. The first-order valence-electron chi connectivity index (χ1n) is 7.83. The van der Waals surface area contributed by atoms with Gasteiger partial charge in [0.25, 0.3) is 0 Å². The number of hydrogen-bond acceptors (Lipinski definition) is 3. The molecule has 1 aromatic rings. The third-order valence-corrected chi connectivity index (χ3v) is 4.11. The van der Waals surface area contributed by atoms with E-state index in [1.165, 1.54) is 4.90 Å². The van der Waals surface area contributed by atoms with Gasteiger partial charge in [-0.2, -0.15) is 0 Å². The van der Waals surface area contributed by atoms with Crippen LogP contribution in [-0.4, -0.2) is 54.2 Å². The zero-order valence-electron chi connectivity index (χ0n) is 13.8. The van der Waals surface area contributed by atoms with Crippen LogP contribution in [0.1, 0.15) is 30.9 Å². The van der Waals surface area contributed by atoms with Crippen molar-refractivity contribution in [2.45, 2.75) is 26.7 Å². The quantitative estimate of drug-likeness (QED) is 0.676. The maximum Gasteiger partial charge on any atom is 0.313 e. The van der Waals surface area contributed by atoms with E-state index in [-0.39, 0.29) is 5.92 Å². The molecule has 1 saturated heterocycles. The van der Waals surface area contributed by atoms with Gasteiger partial charge in [0.2, 0.25) is 6.41 Å². The van der Waals surface area contributed by atoms with Crippen molar-refractivity contribution >= 4 is 23.9 Å². The summed E-state index contributed by atoms with van der Waals surface area (Å²) >= 11 is 0. The van der Waals surface area contributed by atoms with Gasteiger partial charge in [-0.05, 0) is 24.0 Å². The minimum Gasteiger partial charge on any atom is -0.342 e. The van der Waals surface area contributed by atoms with E-state index in [1.54, 1.807) is 4.90 Å². The number of hydrogen-bond donors (Lipinski definition) is 1. The van der Waals surface area contributed by atoms with E-state index < -0.39 is 11.8 Å². The van der Waals surface area contributed by atoms with Crippen LogP contribution < -0.4 is 5.32 Å². The van der Waals surface area contributed by atoms with E-state index >= 15 is 0 Å². The van der Waals surface area contributed by atoms with Gasteiger partial charge in [-0.25, -0.2) is 0 Å². The second-order valence-electron chi connectivity index (χ2n) is 6.08. The van der Waals surface area contributed by atoms with Crippen molar-refractivity contribution in [2.24, 2.45) is 0 Å². The zero-order valence-corrected chi connectivity index (χ0v) is 13.8. The Bertz CT molecular complexity index is 605. The predicted molar refractivity (Wildman–Crippen MR) is 88.1 cm³/mol. The van der Waals surface area contributed by atoms with Gasteiger partial charge in [0, 0.05) is 31.9 Å². The second-order valence-corrected chi connectivity index (χ2v) is 6.08. The highest BCUT2D eigenvalue weighted by atomic mass is 16.2. The molecule has 0 spiro atoms. The Kier molecular flexibility index (Phi) is 5.36. The van der Waals surface area contributed by atoms with E-state index in [0.29, 0.717) is 31.9 Å². The fourth-order valence-electron chi connectivity index (χ4n) is 2.68. The third kappa shape index (κ3) is 3.88. The summed E-state index contributed by atoms with van der Waals surface area (Å²) in [5.41, 5.74) is 2.66. The van der Waals surface area contributed by atoms with E-state index in [1.807, 2.05) is 39.0 Å². The van der Waals surface area contributed by atoms with Crippen molar-refractivity contribution in [3.8, 4) is 0 Å². The van der Waals surface area contributed by atoms with Gasteiger partial charge < -0.3 is 15.1 Å². The van der Waals surface area contributed by atoms with Crippen LogP contribution in [-0.2, 0) is 14.4 Å². The van der Waals surface area contributed by atoms with Crippen LogP contribution >= 0.6 is 0 Å². The molecular weight excluding hydrogens is 294 g/mol. The van der Waals surface area contributed by atoms with Crippen molar-refractivity contribution < 1.29 is 14.4 Å². The smallest absolute Gasteiger partial charge is 0.313 e. The van der Waals surface area contributed by atoms with E-state index in [4.69, 9.17) is 0 Å². The third-order valence-electron chi connectivity index (χ3n) is 4.11. The Hall–Kier alpha value is -2.37. The molecule has 6 heteroatoms. The SMILES string of the molecule is Cc1cccc(C(C)C)c1NC(=O)C(=O)N1CCN(C=O)CC1. The number of nitrogens with zero attached hydrogens (tertiary/aromatic N) is 2. The molecule has 0 atom stereocenters. The number of carbonyl (C=O) groups is 3. The molecular formula is C17H23N3O3. The fraction of sp³-hybridized carbons (Fsp3) is 0.471. The van der Waals surface area contributed by atoms with Gasteiger partial charge in [-0.1, -0.05) is 32.0 Å². The molecule has 1 fully saturated rings. The molecule has 3 amide bonds. The fourth-order valence-corrected chi connectivity index (χ4v) is 2.68. The number of anilines is 1. The minimum atomic E-state index is -0.624. The van der Waals surface area contributed by atoms with Gasteiger partial charge in [0.05, 0.1) is 0 Å². The summed E-state index contributed by atoms with van der Waals surface area (Å²) in [5.74, 6) is -0.925. The lowest BCUT2D eigenvalue weighted by Gasteiger charge is -2.32. The number of piperazine rings is 1. The molecule has 1 aromatic carbocycles. The number of aryl methyl sites for hydroxylation is 1. The number of amides is 3. The molecule has 0 aliphatic carbocycles. The van der Waals surface area contributed by atoms with Crippen LogP contribution in [0.2, 0.25) is 0 Å². The predicted octanol–water partition coefficient (Wildman–Crippen LogP) is 1.36. The largest absolute Gasteiger partial charge is 0.342 e. The van der Waals surface area contributed by atoms with Crippen molar-refractivity contribution in [3.63, 3.8) is 0 Å². The molecule has 1 aliphatic heterocycles. The Morgan fingerprint density at radius 2 is 1.83 bits per heavy atom. The van der Waals surface area contributed by atoms with Crippen molar-refractivity contribution in [2.75, 3.05) is 31.5 Å². The first kappa shape index (κ1) is 17.0. The van der Waals surface area contributed by atoms with Crippen molar-refractivity contribution in [1.29, 1.82) is 0 Å². The standard InChI is InChI=1S/C17H23N3O3/c1-12(2)14-6-4-5-13(3)15(14)18-16(22)17(23)20-9-7-19(11-21)8-10-20/h4-6,11-12H,7-10H2,1-3H3,(H,18,22). The summed E-state index contributed by atoms with van der Waals surface area (Å²) in [6, 6.07) is 5.82. The highest BCUT2D eigenvalue weighted by Crippen LogP contribution is 2.27. The second kappa shape index (κ2) is 7.26. The van der Waals surface area contributed by atoms with Crippen LogP contribution in [0.4, 0.5) is 5.69 Å². The lowest BCUT2D eigenvalue weighted by molar-refractivity contribution is -0.144. The molecule has 124 valence electrons. The van der Waals surface area contributed by atoms with E-state index in [0.717, 1.165) is 17.5 Å². The summed E-state index contributed by atoms with van der Waals surface area (Å²) in [7, 11) is 0. The maximum absolute atomic E-state index is 12.3. The van der Waals surface area contributed by atoms with Crippen LogP contribution in [0.3, 0.4) is 0 Å². The summed E-state index contributed by atoms with van der Waals surface area (Å²) in [4.78, 5) is 38.4. The number of carbonyl (C=O) groups excluding carboxylic acids is 3. The lowest BCUT2D eigenvalue weighted by Crippen LogP contribution is -2.51. The monoisotopic (exact) mass is 317 g/mol. The normalized spacial score (nSPS) is 14.8. The van der Waals surface area contributed by atoms with Crippen LogP contribution in [0.5, 0.6) is 0 Å². The number of para-hydroxylation sites is 1. The Morgan fingerprint density at radius 1 is 1.17 bits per heavy atom. The summed E-state index contributed by atoms with van der Waals surface area (Å²) < 4.78 is 0. The summed E-state index contributed by atoms with van der Waals surface area (Å²) in [5, 5.41) is 2.77. The number of nitrogens with one attached hydrogen (secondary N) is 1. The average molecular weight is 317 g/mol. The van der Waals surface area contributed by atoms with Crippen molar-refractivity contribution in [3.05, 3.63) is 29.3 Å². The maximum atomic E-state index is 12.3. The summed E-state index contributed by atoms with van der Waals surface area (Å²) in [6.07, 6.45) is 0.768. The Labute approximate surface area is 136 Å². The first-order chi connectivity index (χ1) is 10.9. The topological polar surface area (TPSA) is 69.7 Å². The summed E-state index contributed by atoms with van der Waals surface area (Å²) in [6.45, 7) is 7.70. The van der Waals surface area contributed by atoms with Gasteiger partial charge in [-0.15, -0.1) is 0 Å².